The molecule has 0 saturated heterocycles. The van der Waals surface area contributed by atoms with Crippen LogP contribution in [0, 0.1) is 5.92 Å². The van der Waals surface area contributed by atoms with Gasteiger partial charge in [0, 0.05) is 13.1 Å². The first kappa shape index (κ1) is 15.8. The third kappa shape index (κ3) is 10.4. The number of ether oxygens (including phenoxy) is 1. The number of aliphatic hydroxyl groups excluding tert-OH is 2. The lowest BCUT2D eigenvalue weighted by Gasteiger charge is -2.18. The molecule has 0 aromatic carbocycles. The van der Waals surface area contributed by atoms with Crippen molar-refractivity contribution in [1.29, 1.82) is 0 Å². The van der Waals surface area contributed by atoms with E-state index in [1.54, 1.807) is 6.92 Å². The molecule has 4 nitrogen and oxygen atoms in total. The Balaban J connectivity index is 3.45. The molecule has 0 radical (unpaired) electrons. The fourth-order valence-corrected chi connectivity index (χ4v) is 1.52. The maximum absolute atomic E-state index is 9.58. The number of nitrogens with one attached hydrogen (secondary N) is 1. The Hall–Kier alpha value is -0.160. The largest absolute Gasteiger partial charge is 0.392 e. The van der Waals surface area contributed by atoms with Crippen LogP contribution in [0.5, 0.6) is 0 Å². The standard InChI is InChI=1S/C12H27NO3/c1-9(2)5-11(4)16-8-12(15)7-13-6-10(3)14/h9-15H,5-8H2,1-4H3. The summed E-state index contributed by atoms with van der Waals surface area (Å²) in [4.78, 5) is 0. The van der Waals surface area contributed by atoms with Gasteiger partial charge in [0.2, 0.25) is 0 Å². The fourth-order valence-electron chi connectivity index (χ4n) is 1.52. The van der Waals surface area contributed by atoms with E-state index in [0.717, 1.165) is 6.42 Å². The van der Waals surface area contributed by atoms with Gasteiger partial charge < -0.3 is 20.3 Å². The van der Waals surface area contributed by atoms with E-state index >= 15 is 0 Å². The van der Waals surface area contributed by atoms with Gasteiger partial charge in [-0.2, -0.15) is 0 Å². The van der Waals surface area contributed by atoms with Crippen LogP contribution in [-0.2, 0) is 4.74 Å². The van der Waals surface area contributed by atoms with Crippen molar-refractivity contribution in [3.8, 4) is 0 Å². The minimum Gasteiger partial charge on any atom is -0.392 e. The highest BCUT2D eigenvalue weighted by molar-refractivity contribution is 4.62. The first-order valence-corrected chi connectivity index (χ1v) is 6.10. The van der Waals surface area contributed by atoms with Crippen molar-refractivity contribution >= 4 is 0 Å². The number of hydrogen-bond acceptors (Lipinski definition) is 4. The van der Waals surface area contributed by atoms with Crippen molar-refractivity contribution in [2.75, 3.05) is 19.7 Å². The molecule has 3 N–H and O–H groups in total. The van der Waals surface area contributed by atoms with E-state index < -0.39 is 6.10 Å². The normalized spacial score (nSPS) is 17.4. The summed E-state index contributed by atoms with van der Waals surface area (Å²) < 4.78 is 5.52. The summed E-state index contributed by atoms with van der Waals surface area (Å²) in [6, 6.07) is 0. The van der Waals surface area contributed by atoms with Gasteiger partial charge in [-0.3, -0.25) is 0 Å². The molecule has 0 spiro atoms. The molecule has 98 valence electrons. The number of hydrogen-bond donors (Lipinski definition) is 3. The van der Waals surface area contributed by atoms with E-state index in [-0.39, 0.29) is 12.2 Å². The monoisotopic (exact) mass is 233 g/mol. The summed E-state index contributed by atoms with van der Waals surface area (Å²) in [5.74, 6) is 0.612. The predicted octanol–water partition coefficient (Wildman–Crippen LogP) is 0.769. The lowest BCUT2D eigenvalue weighted by molar-refractivity contribution is -0.00911. The van der Waals surface area contributed by atoms with Crippen LogP contribution in [0.4, 0.5) is 0 Å². The van der Waals surface area contributed by atoms with Crippen molar-refractivity contribution in [1.82, 2.24) is 5.32 Å². The van der Waals surface area contributed by atoms with E-state index in [9.17, 15) is 5.11 Å². The maximum Gasteiger partial charge on any atom is 0.0897 e. The zero-order valence-corrected chi connectivity index (χ0v) is 10.9. The minimum atomic E-state index is -0.506. The van der Waals surface area contributed by atoms with Crippen LogP contribution in [0.25, 0.3) is 0 Å². The molecule has 0 fully saturated rings. The van der Waals surface area contributed by atoms with Gasteiger partial charge in [0.1, 0.15) is 0 Å². The van der Waals surface area contributed by atoms with E-state index in [0.29, 0.717) is 25.6 Å². The Morgan fingerprint density at radius 2 is 1.69 bits per heavy atom. The topological polar surface area (TPSA) is 61.7 Å². The molecule has 0 amide bonds. The highest BCUT2D eigenvalue weighted by Gasteiger charge is 2.09. The van der Waals surface area contributed by atoms with Gasteiger partial charge >= 0.3 is 0 Å². The zero-order valence-electron chi connectivity index (χ0n) is 10.9. The van der Waals surface area contributed by atoms with Crippen LogP contribution < -0.4 is 5.32 Å². The van der Waals surface area contributed by atoms with Gasteiger partial charge in [0.25, 0.3) is 0 Å². The Bertz CT molecular complexity index is 162. The minimum absolute atomic E-state index is 0.186. The third-order valence-electron chi connectivity index (χ3n) is 2.20. The van der Waals surface area contributed by atoms with Crippen molar-refractivity contribution in [3.05, 3.63) is 0 Å². The van der Waals surface area contributed by atoms with E-state index in [1.165, 1.54) is 0 Å². The second-order valence-corrected chi connectivity index (χ2v) is 4.93. The average molecular weight is 233 g/mol. The first-order valence-electron chi connectivity index (χ1n) is 6.10. The SMILES string of the molecule is CC(C)CC(C)OCC(O)CNCC(C)O. The highest BCUT2D eigenvalue weighted by Crippen LogP contribution is 2.07. The Kier molecular flexibility index (Phi) is 8.84. The van der Waals surface area contributed by atoms with Crippen LogP contribution in [0.1, 0.15) is 34.1 Å². The molecule has 16 heavy (non-hydrogen) atoms. The summed E-state index contributed by atoms with van der Waals surface area (Å²) in [5.41, 5.74) is 0. The van der Waals surface area contributed by atoms with Gasteiger partial charge in [-0.05, 0) is 26.2 Å². The molecular formula is C12H27NO3. The van der Waals surface area contributed by atoms with Gasteiger partial charge in [-0.15, -0.1) is 0 Å². The molecule has 0 rings (SSSR count). The molecule has 0 aliphatic carbocycles. The molecule has 3 atom stereocenters. The van der Waals surface area contributed by atoms with E-state index in [2.05, 4.69) is 19.2 Å². The lowest BCUT2D eigenvalue weighted by Crippen LogP contribution is -2.35. The maximum atomic E-state index is 9.58. The molecule has 0 aromatic heterocycles. The van der Waals surface area contributed by atoms with Crippen molar-refractivity contribution in [2.45, 2.75) is 52.4 Å². The Labute approximate surface area is 99.0 Å². The van der Waals surface area contributed by atoms with Crippen LogP contribution >= 0.6 is 0 Å². The van der Waals surface area contributed by atoms with Crippen molar-refractivity contribution < 1.29 is 14.9 Å². The number of rotatable bonds is 9. The zero-order chi connectivity index (χ0) is 12.6. The Morgan fingerprint density at radius 1 is 1.06 bits per heavy atom. The summed E-state index contributed by atoms with van der Waals surface area (Å²) in [5, 5.41) is 21.6. The van der Waals surface area contributed by atoms with E-state index in [1.807, 2.05) is 6.92 Å². The van der Waals surface area contributed by atoms with Crippen LogP contribution in [0.3, 0.4) is 0 Å². The van der Waals surface area contributed by atoms with Gasteiger partial charge in [-0.25, -0.2) is 0 Å². The summed E-state index contributed by atoms with van der Waals surface area (Å²) in [6.45, 7) is 9.34. The molecular weight excluding hydrogens is 206 g/mol. The van der Waals surface area contributed by atoms with Crippen LogP contribution in [0.2, 0.25) is 0 Å². The second kappa shape index (κ2) is 8.93. The molecule has 0 saturated carbocycles. The summed E-state index contributed by atoms with van der Waals surface area (Å²) in [6.07, 6.45) is 0.307. The van der Waals surface area contributed by atoms with Gasteiger partial charge in [0.05, 0.1) is 24.9 Å². The van der Waals surface area contributed by atoms with Crippen molar-refractivity contribution in [2.24, 2.45) is 5.92 Å². The molecule has 3 unspecified atom stereocenters. The van der Waals surface area contributed by atoms with Crippen LogP contribution in [0.15, 0.2) is 0 Å². The van der Waals surface area contributed by atoms with Crippen molar-refractivity contribution in [3.63, 3.8) is 0 Å². The van der Waals surface area contributed by atoms with Crippen LogP contribution in [-0.4, -0.2) is 48.2 Å². The molecule has 0 aromatic rings. The quantitative estimate of drug-likeness (QED) is 0.550. The average Bonchev–Trinajstić information content (AvgIpc) is 2.13. The lowest BCUT2D eigenvalue weighted by atomic mass is 10.1. The van der Waals surface area contributed by atoms with E-state index in [4.69, 9.17) is 9.84 Å². The third-order valence-corrected chi connectivity index (χ3v) is 2.20. The van der Waals surface area contributed by atoms with Gasteiger partial charge in [-0.1, -0.05) is 13.8 Å². The summed E-state index contributed by atoms with van der Waals surface area (Å²) >= 11 is 0. The second-order valence-electron chi connectivity index (χ2n) is 4.93. The number of aliphatic hydroxyl groups is 2. The fraction of sp³-hybridized carbons (Fsp3) is 1.00. The predicted molar refractivity (Wildman–Crippen MR) is 65.4 cm³/mol. The Morgan fingerprint density at radius 3 is 2.19 bits per heavy atom. The van der Waals surface area contributed by atoms with Gasteiger partial charge in [0.15, 0.2) is 0 Å². The summed E-state index contributed by atoms with van der Waals surface area (Å²) in [7, 11) is 0. The molecule has 0 heterocycles. The molecule has 4 heteroatoms. The molecule has 0 aliphatic rings. The first-order chi connectivity index (χ1) is 7.41. The molecule has 0 aliphatic heterocycles. The molecule has 0 bridgehead atoms. The smallest absolute Gasteiger partial charge is 0.0897 e. The highest BCUT2D eigenvalue weighted by atomic mass is 16.5.